The molecule has 1 saturated heterocycles. The summed E-state index contributed by atoms with van der Waals surface area (Å²) < 4.78 is 13.1. The summed E-state index contributed by atoms with van der Waals surface area (Å²) in [5.74, 6) is 0.598. The molecule has 0 atom stereocenters. The van der Waals surface area contributed by atoms with Crippen LogP contribution in [-0.2, 0) is 0 Å². The molecule has 5 rings (SSSR count). The van der Waals surface area contributed by atoms with Crippen molar-refractivity contribution in [3.63, 3.8) is 0 Å². The molecule has 9 heteroatoms. The van der Waals surface area contributed by atoms with Gasteiger partial charge >= 0.3 is 0 Å². The lowest BCUT2D eigenvalue weighted by molar-refractivity contribution is 0.628. The van der Waals surface area contributed by atoms with Crippen LogP contribution in [0.2, 0.25) is 0 Å². The van der Waals surface area contributed by atoms with E-state index in [1.54, 1.807) is 34.8 Å². The van der Waals surface area contributed by atoms with E-state index in [0.29, 0.717) is 0 Å². The van der Waals surface area contributed by atoms with Crippen LogP contribution >= 0.6 is 22.7 Å². The molecule has 3 aromatic heterocycles. The highest BCUT2D eigenvalue weighted by atomic mass is 32.1. The standard InChI is InChI=1S/C20H17FN6S2/c21-15-5-3-14(4-6-15)16-7-8-18(23-22-16)26-9-11-27(12-10-26)20-25-24-19(29-20)17-2-1-13-28-17/h1-8,13H,9-12H2. The molecule has 29 heavy (non-hydrogen) atoms. The first-order chi connectivity index (χ1) is 14.3. The average Bonchev–Trinajstić information content (AvgIpc) is 3.47. The molecule has 0 aliphatic carbocycles. The van der Waals surface area contributed by atoms with Gasteiger partial charge in [0.1, 0.15) is 5.82 Å². The van der Waals surface area contributed by atoms with E-state index in [4.69, 9.17) is 0 Å². The second-order valence-electron chi connectivity index (χ2n) is 6.62. The van der Waals surface area contributed by atoms with Gasteiger partial charge in [-0.05, 0) is 47.8 Å². The molecule has 1 fully saturated rings. The van der Waals surface area contributed by atoms with E-state index >= 15 is 0 Å². The van der Waals surface area contributed by atoms with Crippen molar-refractivity contribution in [3.05, 3.63) is 59.7 Å². The van der Waals surface area contributed by atoms with Crippen molar-refractivity contribution in [3.8, 4) is 21.1 Å². The molecule has 4 aromatic rings. The van der Waals surface area contributed by atoms with Crippen molar-refractivity contribution in [2.75, 3.05) is 36.0 Å². The van der Waals surface area contributed by atoms with Gasteiger partial charge in [-0.15, -0.1) is 31.7 Å². The van der Waals surface area contributed by atoms with E-state index in [1.807, 2.05) is 18.2 Å². The minimum atomic E-state index is -0.255. The van der Waals surface area contributed by atoms with Gasteiger partial charge in [0.05, 0.1) is 10.6 Å². The summed E-state index contributed by atoms with van der Waals surface area (Å²) in [6, 6.07) is 14.3. The van der Waals surface area contributed by atoms with Crippen LogP contribution < -0.4 is 9.80 Å². The number of nitrogens with zero attached hydrogens (tertiary/aromatic N) is 6. The second kappa shape index (κ2) is 7.84. The number of aromatic nitrogens is 4. The molecule has 146 valence electrons. The summed E-state index contributed by atoms with van der Waals surface area (Å²) in [5.41, 5.74) is 1.59. The first-order valence-electron chi connectivity index (χ1n) is 9.23. The monoisotopic (exact) mass is 424 g/mol. The Morgan fingerprint density at radius 3 is 2.28 bits per heavy atom. The van der Waals surface area contributed by atoms with Gasteiger partial charge in [0.15, 0.2) is 10.8 Å². The van der Waals surface area contributed by atoms with Crippen molar-refractivity contribution in [1.29, 1.82) is 0 Å². The fourth-order valence-corrected chi connectivity index (χ4v) is 4.93. The van der Waals surface area contributed by atoms with Crippen LogP contribution in [0.1, 0.15) is 0 Å². The Morgan fingerprint density at radius 1 is 0.793 bits per heavy atom. The van der Waals surface area contributed by atoms with Crippen molar-refractivity contribution in [1.82, 2.24) is 20.4 Å². The lowest BCUT2D eigenvalue weighted by atomic mass is 10.1. The zero-order valence-corrected chi connectivity index (χ0v) is 17.0. The average molecular weight is 425 g/mol. The fourth-order valence-electron chi connectivity index (χ4n) is 3.24. The number of rotatable bonds is 4. The molecule has 0 radical (unpaired) electrons. The minimum absolute atomic E-state index is 0.255. The van der Waals surface area contributed by atoms with Gasteiger partial charge in [-0.2, -0.15) is 0 Å². The largest absolute Gasteiger partial charge is 0.352 e. The van der Waals surface area contributed by atoms with E-state index in [-0.39, 0.29) is 5.82 Å². The van der Waals surface area contributed by atoms with Gasteiger partial charge in [0.2, 0.25) is 5.13 Å². The number of halogens is 1. The Hall–Kier alpha value is -2.91. The summed E-state index contributed by atoms with van der Waals surface area (Å²) in [6.45, 7) is 3.41. The van der Waals surface area contributed by atoms with E-state index in [2.05, 4.69) is 41.6 Å². The molecule has 0 amide bonds. The quantitative estimate of drug-likeness (QED) is 0.490. The summed E-state index contributed by atoms with van der Waals surface area (Å²) in [4.78, 5) is 5.65. The molecule has 1 aromatic carbocycles. The first kappa shape index (κ1) is 18.1. The molecule has 1 aliphatic heterocycles. The molecule has 6 nitrogen and oxygen atoms in total. The van der Waals surface area contributed by atoms with Crippen LogP contribution in [0, 0.1) is 5.82 Å². The van der Waals surface area contributed by atoms with Crippen molar-refractivity contribution in [2.24, 2.45) is 0 Å². The normalized spacial score (nSPS) is 14.4. The maximum atomic E-state index is 13.1. The van der Waals surface area contributed by atoms with Crippen LogP contribution in [0.5, 0.6) is 0 Å². The SMILES string of the molecule is Fc1ccc(-c2ccc(N3CCN(c4nnc(-c5cccs5)s4)CC3)nn2)cc1. The lowest BCUT2D eigenvalue weighted by Crippen LogP contribution is -2.46. The molecule has 0 spiro atoms. The Balaban J connectivity index is 1.23. The third kappa shape index (κ3) is 3.83. The van der Waals surface area contributed by atoms with Crippen LogP contribution in [0.4, 0.5) is 15.3 Å². The topological polar surface area (TPSA) is 58.0 Å². The summed E-state index contributed by atoms with van der Waals surface area (Å²) in [6.07, 6.45) is 0. The molecule has 0 unspecified atom stereocenters. The van der Waals surface area contributed by atoms with Crippen LogP contribution in [0.25, 0.3) is 21.1 Å². The third-order valence-electron chi connectivity index (χ3n) is 4.81. The van der Waals surface area contributed by atoms with Gasteiger partial charge in [0.25, 0.3) is 0 Å². The minimum Gasteiger partial charge on any atom is -0.352 e. The molecule has 0 N–H and O–H groups in total. The molecular weight excluding hydrogens is 407 g/mol. The zero-order valence-electron chi connectivity index (χ0n) is 15.4. The summed E-state index contributed by atoms with van der Waals surface area (Å²) >= 11 is 3.32. The Labute approximate surface area is 175 Å². The molecular formula is C20H17FN6S2. The van der Waals surface area contributed by atoms with E-state index in [0.717, 1.165) is 58.3 Å². The van der Waals surface area contributed by atoms with Gasteiger partial charge < -0.3 is 9.80 Å². The van der Waals surface area contributed by atoms with Crippen molar-refractivity contribution < 1.29 is 4.39 Å². The Kier molecular flexibility index (Phi) is 4.91. The van der Waals surface area contributed by atoms with Gasteiger partial charge in [-0.25, -0.2) is 4.39 Å². The first-order valence-corrected chi connectivity index (χ1v) is 10.9. The van der Waals surface area contributed by atoms with Gasteiger partial charge in [-0.1, -0.05) is 17.4 Å². The van der Waals surface area contributed by atoms with E-state index < -0.39 is 0 Å². The highest BCUT2D eigenvalue weighted by Gasteiger charge is 2.21. The zero-order chi connectivity index (χ0) is 19.6. The Morgan fingerprint density at radius 2 is 1.59 bits per heavy atom. The maximum Gasteiger partial charge on any atom is 0.208 e. The lowest BCUT2D eigenvalue weighted by Gasteiger charge is -2.34. The smallest absolute Gasteiger partial charge is 0.208 e. The molecule has 1 aliphatic rings. The summed E-state index contributed by atoms with van der Waals surface area (Å²) in [5, 5.41) is 21.4. The fraction of sp³-hybridized carbons (Fsp3) is 0.200. The molecule has 0 bridgehead atoms. The maximum absolute atomic E-state index is 13.1. The third-order valence-corrected chi connectivity index (χ3v) is 6.83. The number of thiophene rings is 1. The molecule has 0 saturated carbocycles. The highest BCUT2D eigenvalue weighted by molar-refractivity contribution is 7.22. The number of anilines is 2. The van der Waals surface area contributed by atoms with Crippen LogP contribution in [-0.4, -0.2) is 46.6 Å². The predicted octanol–water partition coefficient (Wildman–Crippen LogP) is 4.19. The second-order valence-corrected chi connectivity index (χ2v) is 8.53. The van der Waals surface area contributed by atoms with E-state index in [9.17, 15) is 4.39 Å². The van der Waals surface area contributed by atoms with Crippen LogP contribution in [0.15, 0.2) is 53.9 Å². The number of piperazine rings is 1. The number of hydrogen-bond acceptors (Lipinski definition) is 8. The van der Waals surface area contributed by atoms with Crippen molar-refractivity contribution in [2.45, 2.75) is 0 Å². The highest BCUT2D eigenvalue weighted by Crippen LogP contribution is 2.32. The number of hydrogen-bond donors (Lipinski definition) is 0. The molecule has 4 heterocycles. The Bertz CT molecular complexity index is 1070. The van der Waals surface area contributed by atoms with Crippen molar-refractivity contribution >= 4 is 33.6 Å². The number of benzene rings is 1. The summed E-state index contributed by atoms with van der Waals surface area (Å²) in [7, 11) is 0. The van der Waals surface area contributed by atoms with Crippen LogP contribution in [0.3, 0.4) is 0 Å². The predicted molar refractivity (Wildman–Crippen MR) is 115 cm³/mol. The van der Waals surface area contributed by atoms with Gasteiger partial charge in [-0.3, -0.25) is 0 Å². The van der Waals surface area contributed by atoms with Gasteiger partial charge in [0, 0.05) is 31.7 Å². The van der Waals surface area contributed by atoms with E-state index in [1.165, 1.54) is 12.1 Å².